The first-order valence-corrected chi connectivity index (χ1v) is 7.63. The molecule has 2 aromatic rings. The Kier molecular flexibility index (Phi) is 4.29. The summed E-state index contributed by atoms with van der Waals surface area (Å²) < 4.78 is 0. The molecule has 0 bridgehead atoms. The molecule has 122 valence electrons. The molecule has 2 aromatic carbocycles. The number of hydrogen-bond donors (Lipinski definition) is 2. The molecule has 0 atom stereocenters. The summed E-state index contributed by atoms with van der Waals surface area (Å²) in [6.07, 6.45) is 0. The summed E-state index contributed by atoms with van der Waals surface area (Å²) in [5, 5.41) is 5.39. The van der Waals surface area contributed by atoms with E-state index in [0.29, 0.717) is 29.9 Å². The van der Waals surface area contributed by atoms with Gasteiger partial charge in [-0.15, -0.1) is 0 Å². The van der Waals surface area contributed by atoms with Gasteiger partial charge in [-0.2, -0.15) is 0 Å². The Morgan fingerprint density at radius 3 is 2.42 bits per heavy atom. The highest BCUT2D eigenvalue weighted by molar-refractivity contribution is 6.07. The minimum absolute atomic E-state index is 0.203. The van der Waals surface area contributed by atoms with Crippen molar-refractivity contribution in [3.63, 3.8) is 0 Å². The van der Waals surface area contributed by atoms with Crippen LogP contribution < -0.4 is 10.6 Å². The van der Waals surface area contributed by atoms with Crippen molar-refractivity contribution in [2.45, 2.75) is 6.92 Å². The van der Waals surface area contributed by atoms with Crippen LogP contribution in [0, 0.1) is 6.92 Å². The summed E-state index contributed by atoms with van der Waals surface area (Å²) in [4.78, 5) is 37.2. The highest BCUT2D eigenvalue weighted by Gasteiger charge is 2.26. The maximum absolute atomic E-state index is 12.3. The first kappa shape index (κ1) is 15.7. The van der Waals surface area contributed by atoms with E-state index in [1.165, 1.54) is 4.90 Å². The molecular weight excluding hydrogens is 306 g/mol. The molecule has 0 spiro atoms. The number of benzene rings is 2. The maximum Gasteiger partial charge on any atom is 0.324 e. The number of imide groups is 1. The number of rotatable bonds is 3. The van der Waals surface area contributed by atoms with E-state index in [1.807, 2.05) is 25.1 Å². The summed E-state index contributed by atoms with van der Waals surface area (Å²) in [5.74, 6) is -0.548. The first-order chi connectivity index (χ1) is 11.6. The number of carbonyl (C=O) groups is 3. The highest BCUT2D eigenvalue weighted by Crippen LogP contribution is 2.15. The van der Waals surface area contributed by atoms with Crippen molar-refractivity contribution in [1.82, 2.24) is 10.2 Å². The molecule has 4 amide bonds. The largest absolute Gasteiger partial charge is 0.336 e. The molecule has 24 heavy (non-hydrogen) atoms. The molecule has 0 aromatic heterocycles. The number of nitrogens with zero attached hydrogens (tertiary/aromatic N) is 1. The van der Waals surface area contributed by atoms with Crippen LogP contribution in [0.1, 0.15) is 26.3 Å². The quantitative estimate of drug-likeness (QED) is 0.910. The van der Waals surface area contributed by atoms with Gasteiger partial charge in [0.15, 0.2) is 0 Å². The van der Waals surface area contributed by atoms with Crippen LogP contribution in [-0.4, -0.2) is 35.8 Å². The van der Waals surface area contributed by atoms with Crippen molar-refractivity contribution in [3.05, 3.63) is 65.2 Å². The SMILES string of the molecule is Cc1ccccc1C(=O)Nc1ccc(C(=O)N2CCNC2=O)cc1. The van der Waals surface area contributed by atoms with E-state index >= 15 is 0 Å². The molecule has 0 saturated carbocycles. The van der Waals surface area contributed by atoms with Gasteiger partial charge in [0.05, 0.1) is 0 Å². The third kappa shape index (κ3) is 3.12. The Morgan fingerprint density at radius 2 is 1.79 bits per heavy atom. The average Bonchev–Trinajstić information content (AvgIpc) is 3.01. The molecule has 3 rings (SSSR count). The Morgan fingerprint density at radius 1 is 1.08 bits per heavy atom. The fourth-order valence-corrected chi connectivity index (χ4v) is 2.54. The monoisotopic (exact) mass is 323 g/mol. The molecule has 1 heterocycles. The molecule has 0 radical (unpaired) electrons. The molecule has 0 unspecified atom stereocenters. The third-order valence-corrected chi connectivity index (χ3v) is 3.88. The average molecular weight is 323 g/mol. The van der Waals surface area contributed by atoms with E-state index in [4.69, 9.17) is 0 Å². The Labute approximate surface area is 139 Å². The lowest BCUT2D eigenvalue weighted by molar-refractivity contribution is 0.0829. The minimum atomic E-state index is -0.378. The fraction of sp³-hybridized carbons (Fsp3) is 0.167. The van der Waals surface area contributed by atoms with Crippen molar-refractivity contribution in [3.8, 4) is 0 Å². The van der Waals surface area contributed by atoms with E-state index < -0.39 is 0 Å². The lowest BCUT2D eigenvalue weighted by Gasteiger charge is -2.12. The number of anilines is 1. The van der Waals surface area contributed by atoms with Crippen LogP contribution in [0.25, 0.3) is 0 Å². The highest BCUT2D eigenvalue weighted by atomic mass is 16.2. The zero-order valence-corrected chi connectivity index (χ0v) is 13.2. The Hall–Kier alpha value is -3.15. The summed E-state index contributed by atoms with van der Waals surface area (Å²) in [5.41, 5.74) is 2.49. The lowest BCUT2D eigenvalue weighted by atomic mass is 10.1. The summed E-state index contributed by atoms with van der Waals surface area (Å²) in [7, 11) is 0. The van der Waals surface area contributed by atoms with Crippen molar-refractivity contribution in [2.75, 3.05) is 18.4 Å². The van der Waals surface area contributed by atoms with Crippen molar-refractivity contribution < 1.29 is 14.4 Å². The van der Waals surface area contributed by atoms with Gasteiger partial charge in [0.1, 0.15) is 0 Å². The Bertz CT molecular complexity index is 799. The van der Waals surface area contributed by atoms with E-state index in [0.717, 1.165) is 5.56 Å². The molecule has 0 aliphatic carbocycles. The van der Waals surface area contributed by atoms with Crippen LogP contribution in [0.2, 0.25) is 0 Å². The smallest absolute Gasteiger partial charge is 0.324 e. The summed E-state index contributed by atoms with van der Waals surface area (Å²) >= 11 is 0. The molecule has 1 saturated heterocycles. The maximum atomic E-state index is 12.3. The van der Waals surface area contributed by atoms with Gasteiger partial charge in [0.2, 0.25) is 0 Å². The van der Waals surface area contributed by atoms with Gasteiger partial charge >= 0.3 is 6.03 Å². The molecule has 1 aliphatic heterocycles. The second-order valence-electron chi connectivity index (χ2n) is 5.54. The topological polar surface area (TPSA) is 78.5 Å². The summed E-state index contributed by atoms with van der Waals surface area (Å²) in [6.45, 7) is 2.70. The third-order valence-electron chi connectivity index (χ3n) is 3.88. The van der Waals surface area contributed by atoms with Gasteiger partial charge < -0.3 is 10.6 Å². The second-order valence-corrected chi connectivity index (χ2v) is 5.54. The zero-order chi connectivity index (χ0) is 17.1. The first-order valence-electron chi connectivity index (χ1n) is 7.63. The molecule has 1 aliphatic rings. The normalized spacial score (nSPS) is 13.5. The minimum Gasteiger partial charge on any atom is -0.336 e. The standard InChI is InChI=1S/C18H17N3O3/c1-12-4-2-3-5-15(12)16(22)20-14-8-6-13(7-9-14)17(23)21-11-10-19-18(21)24/h2-9H,10-11H2,1H3,(H,19,24)(H,20,22). The van der Waals surface area contributed by atoms with Crippen LogP contribution in [0.5, 0.6) is 0 Å². The van der Waals surface area contributed by atoms with E-state index in [1.54, 1.807) is 30.3 Å². The zero-order valence-electron chi connectivity index (χ0n) is 13.2. The van der Waals surface area contributed by atoms with E-state index in [9.17, 15) is 14.4 Å². The van der Waals surface area contributed by atoms with Crippen LogP contribution in [0.4, 0.5) is 10.5 Å². The predicted octanol–water partition coefficient (Wildman–Crippen LogP) is 2.41. The fourth-order valence-electron chi connectivity index (χ4n) is 2.54. The number of hydrogen-bond acceptors (Lipinski definition) is 3. The van der Waals surface area contributed by atoms with Gasteiger partial charge in [-0.3, -0.25) is 14.5 Å². The van der Waals surface area contributed by atoms with Crippen LogP contribution in [0.15, 0.2) is 48.5 Å². The van der Waals surface area contributed by atoms with Crippen molar-refractivity contribution in [2.24, 2.45) is 0 Å². The summed E-state index contributed by atoms with van der Waals surface area (Å²) in [6, 6.07) is 13.4. The molecule has 6 heteroatoms. The van der Waals surface area contributed by atoms with E-state index in [-0.39, 0.29) is 17.8 Å². The van der Waals surface area contributed by atoms with Crippen molar-refractivity contribution >= 4 is 23.5 Å². The molecule has 1 fully saturated rings. The van der Waals surface area contributed by atoms with E-state index in [2.05, 4.69) is 10.6 Å². The second kappa shape index (κ2) is 6.54. The van der Waals surface area contributed by atoms with Gasteiger partial charge in [0.25, 0.3) is 11.8 Å². The lowest BCUT2D eigenvalue weighted by Crippen LogP contribution is -2.34. The van der Waals surface area contributed by atoms with Gasteiger partial charge in [0, 0.05) is 29.9 Å². The molecule has 6 nitrogen and oxygen atoms in total. The van der Waals surface area contributed by atoms with Crippen LogP contribution in [-0.2, 0) is 0 Å². The number of amides is 4. The Balaban J connectivity index is 1.71. The predicted molar refractivity (Wildman–Crippen MR) is 90.0 cm³/mol. The van der Waals surface area contributed by atoms with Gasteiger partial charge in [-0.05, 0) is 42.8 Å². The molecular formula is C18H17N3O3. The van der Waals surface area contributed by atoms with Gasteiger partial charge in [-0.25, -0.2) is 4.79 Å². The van der Waals surface area contributed by atoms with Gasteiger partial charge in [-0.1, -0.05) is 18.2 Å². The van der Waals surface area contributed by atoms with Crippen LogP contribution >= 0.6 is 0 Å². The number of nitrogens with one attached hydrogen (secondary N) is 2. The van der Waals surface area contributed by atoms with Crippen LogP contribution in [0.3, 0.4) is 0 Å². The van der Waals surface area contributed by atoms with Crippen molar-refractivity contribution in [1.29, 1.82) is 0 Å². The number of carbonyl (C=O) groups excluding carboxylic acids is 3. The molecule has 2 N–H and O–H groups in total. The number of aryl methyl sites for hydroxylation is 1. The number of urea groups is 1.